The van der Waals surface area contributed by atoms with E-state index in [4.69, 9.17) is 5.73 Å². The number of aryl methyl sites for hydroxylation is 1. The van der Waals surface area contributed by atoms with Crippen molar-refractivity contribution in [1.29, 1.82) is 0 Å². The van der Waals surface area contributed by atoms with Gasteiger partial charge in [0.05, 0.1) is 11.9 Å². The molecule has 14 heavy (non-hydrogen) atoms. The number of anilines is 1. The summed E-state index contributed by atoms with van der Waals surface area (Å²) in [7, 11) is 0. The number of halogens is 1. The van der Waals surface area contributed by atoms with Gasteiger partial charge in [0.2, 0.25) is 0 Å². The molecule has 1 rings (SSSR count). The molecule has 78 valence electrons. The molecule has 1 aromatic heterocycles. The van der Waals surface area contributed by atoms with Crippen LogP contribution in [-0.4, -0.2) is 22.9 Å². The lowest BCUT2D eigenvalue weighted by Gasteiger charge is -2.07. The van der Waals surface area contributed by atoms with Crippen LogP contribution in [0.25, 0.3) is 0 Å². The molecule has 1 aromatic rings. The number of hydrogen-bond acceptors (Lipinski definition) is 4. The van der Waals surface area contributed by atoms with Gasteiger partial charge in [-0.05, 0) is 22.9 Å². The summed E-state index contributed by atoms with van der Waals surface area (Å²) in [5.74, 6) is 0. The van der Waals surface area contributed by atoms with Crippen molar-refractivity contribution in [3.63, 3.8) is 0 Å². The minimum atomic E-state index is -0.130. The fourth-order valence-electron chi connectivity index (χ4n) is 1.02. The van der Waals surface area contributed by atoms with Gasteiger partial charge in [0.1, 0.15) is 4.47 Å². The average Bonchev–Trinajstić information content (AvgIpc) is 2.20. The van der Waals surface area contributed by atoms with E-state index in [1.54, 1.807) is 6.20 Å². The molecule has 0 radical (unpaired) electrons. The Morgan fingerprint density at radius 1 is 1.71 bits per heavy atom. The van der Waals surface area contributed by atoms with E-state index in [-0.39, 0.29) is 5.56 Å². The number of rotatable bonds is 4. The lowest BCUT2D eigenvalue weighted by Crippen LogP contribution is -2.24. The third kappa shape index (κ3) is 2.33. The van der Waals surface area contributed by atoms with Gasteiger partial charge in [-0.2, -0.15) is 5.10 Å². The highest BCUT2D eigenvalue weighted by Crippen LogP contribution is 2.15. The molecule has 0 bridgehead atoms. The van der Waals surface area contributed by atoms with Crippen LogP contribution in [0.5, 0.6) is 0 Å². The SMILES string of the molecule is CCn1ncc(NCCN)c(Br)c1=O. The number of nitrogens with zero attached hydrogens (tertiary/aromatic N) is 2. The zero-order valence-electron chi connectivity index (χ0n) is 7.96. The summed E-state index contributed by atoms with van der Waals surface area (Å²) < 4.78 is 1.89. The molecule has 0 aliphatic carbocycles. The zero-order chi connectivity index (χ0) is 10.6. The van der Waals surface area contributed by atoms with E-state index >= 15 is 0 Å². The minimum Gasteiger partial charge on any atom is -0.381 e. The molecule has 6 heteroatoms. The second kappa shape index (κ2) is 5.11. The smallest absolute Gasteiger partial charge is 0.283 e. The molecule has 0 aliphatic heterocycles. The first-order valence-corrected chi connectivity index (χ1v) is 5.19. The summed E-state index contributed by atoms with van der Waals surface area (Å²) in [6.45, 7) is 3.57. The number of aromatic nitrogens is 2. The molecular formula is C8H13BrN4O. The summed E-state index contributed by atoms with van der Waals surface area (Å²) in [5.41, 5.74) is 5.89. The van der Waals surface area contributed by atoms with Crippen molar-refractivity contribution in [2.75, 3.05) is 18.4 Å². The van der Waals surface area contributed by atoms with E-state index in [0.717, 1.165) is 0 Å². The highest BCUT2D eigenvalue weighted by atomic mass is 79.9. The normalized spacial score (nSPS) is 10.2. The largest absolute Gasteiger partial charge is 0.381 e. The first kappa shape index (κ1) is 11.2. The zero-order valence-corrected chi connectivity index (χ0v) is 9.54. The molecule has 5 nitrogen and oxygen atoms in total. The highest BCUT2D eigenvalue weighted by Gasteiger charge is 2.06. The Hall–Kier alpha value is -0.880. The summed E-state index contributed by atoms with van der Waals surface area (Å²) in [4.78, 5) is 11.6. The number of nitrogens with one attached hydrogen (secondary N) is 1. The van der Waals surface area contributed by atoms with Gasteiger partial charge >= 0.3 is 0 Å². The van der Waals surface area contributed by atoms with Gasteiger partial charge in [0, 0.05) is 19.6 Å². The Morgan fingerprint density at radius 3 is 3.00 bits per heavy atom. The molecule has 0 aromatic carbocycles. The third-order valence-corrected chi connectivity index (χ3v) is 2.51. The van der Waals surface area contributed by atoms with Crippen LogP contribution in [-0.2, 0) is 6.54 Å². The van der Waals surface area contributed by atoms with Crippen LogP contribution in [0.15, 0.2) is 15.5 Å². The maximum atomic E-state index is 11.6. The van der Waals surface area contributed by atoms with Crippen molar-refractivity contribution in [1.82, 2.24) is 9.78 Å². The summed E-state index contributed by atoms with van der Waals surface area (Å²) in [5, 5.41) is 6.99. The van der Waals surface area contributed by atoms with E-state index in [1.165, 1.54) is 4.68 Å². The first-order valence-electron chi connectivity index (χ1n) is 4.40. The molecule has 0 unspecified atom stereocenters. The standard InChI is InChI=1S/C8H13BrN4O/c1-2-13-8(14)7(9)6(5-12-13)11-4-3-10/h5,11H,2-4,10H2,1H3. The molecular weight excluding hydrogens is 248 g/mol. The van der Waals surface area contributed by atoms with Crippen LogP contribution in [0.2, 0.25) is 0 Å². The Bertz CT molecular complexity index is 363. The quantitative estimate of drug-likeness (QED) is 0.822. The molecule has 1 heterocycles. The van der Waals surface area contributed by atoms with Gasteiger partial charge in [-0.3, -0.25) is 4.79 Å². The fourth-order valence-corrected chi connectivity index (χ4v) is 1.47. The second-order valence-electron chi connectivity index (χ2n) is 2.71. The average molecular weight is 261 g/mol. The van der Waals surface area contributed by atoms with Gasteiger partial charge in [-0.25, -0.2) is 4.68 Å². The second-order valence-corrected chi connectivity index (χ2v) is 3.50. The lowest BCUT2D eigenvalue weighted by atomic mass is 10.4. The molecule has 0 saturated carbocycles. The molecule has 0 amide bonds. The van der Waals surface area contributed by atoms with E-state index in [9.17, 15) is 4.79 Å². The number of hydrogen-bond donors (Lipinski definition) is 2. The predicted molar refractivity (Wildman–Crippen MR) is 59.4 cm³/mol. The Morgan fingerprint density at radius 2 is 2.43 bits per heavy atom. The molecule has 0 fully saturated rings. The molecule has 0 aliphatic rings. The van der Waals surface area contributed by atoms with Crippen molar-refractivity contribution >= 4 is 21.6 Å². The lowest BCUT2D eigenvalue weighted by molar-refractivity contribution is 0.613. The Kier molecular flexibility index (Phi) is 4.09. The minimum absolute atomic E-state index is 0.130. The van der Waals surface area contributed by atoms with Gasteiger partial charge in [0.15, 0.2) is 0 Å². The van der Waals surface area contributed by atoms with Crippen molar-refractivity contribution in [2.24, 2.45) is 5.73 Å². The van der Waals surface area contributed by atoms with Crippen LogP contribution in [0.4, 0.5) is 5.69 Å². The van der Waals surface area contributed by atoms with Crippen LogP contribution in [0.1, 0.15) is 6.92 Å². The predicted octanol–water partition coefficient (Wildman–Crippen LogP) is 0.396. The monoisotopic (exact) mass is 260 g/mol. The number of nitrogens with two attached hydrogens (primary N) is 1. The van der Waals surface area contributed by atoms with E-state index in [1.807, 2.05) is 6.92 Å². The summed E-state index contributed by atoms with van der Waals surface area (Å²) in [6.07, 6.45) is 1.62. The van der Waals surface area contributed by atoms with Crippen molar-refractivity contribution < 1.29 is 0 Å². The molecule has 3 N–H and O–H groups in total. The van der Waals surface area contributed by atoms with Crippen LogP contribution in [0.3, 0.4) is 0 Å². The fraction of sp³-hybridized carbons (Fsp3) is 0.500. The first-order chi connectivity index (χ1) is 6.70. The third-order valence-electron chi connectivity index (χ3n) is 1.74. The summed E-state index contributed by atoms with van der Waals surface area (Å²) >= 11 is 3.23. The van der Waals surface area contributed by atoms with Crippen molar-refractivity contribution in [2.45, 2.75) is 13.5 Å². The Labute approximate surface area is 90.4 Å². The van der Waals surface area contributed by atoms with Gasteiger partial charge < -0.3 is 11.1 Å². The molecule has 0 saturated heterocycles. The van der Waals surface area contributed by atoms with Gasteiger partial charge in [0.25, 0.3) is 5.56 Å². The maximum Gasteiger partial charge on any atom is 0.283 e. The highest BCUT2D eigenvalue weighted by molar-refractivity contribution is 9.10. The van der Waals surface area contributed by atoms with Crippen LogP contribution in [0, 0.1) is 0 Å². The maximum absolute atomic E-state index is 11.6. The van der Waals surface area contributed by atoms with Gasteiger partial charge in [-0.15, -0.1) is 0 Å². The van der Waals surface area contributed by atoms with Crippen LogP contribution < -0.4 is 16.6 Å². The van der Waals surface area contributed by atoms with E-state index < -0.39 is 0 Å². The molecule has 0 atom stereocenters. The van der Waals surface area contributed by atoms with Crippen molar-refractivity contribution in [3.05, 3.63) is 21.0 Å². The molecule has 0 spiro atoms. The van der Waals surface area contributed by atoms with Crippen molar-refractivity contribution in [3.8, 4) is 0 Å². The van der Waals surface area contributed by atoms with Crippen LogP contribution >= 0.6 is 15.9 Å². The summed E-state index contributed by atoms with van der Waals surface area (Å²) in [6, 6.07) is 0. The van der Waals surface area contributed by atoms with Gasteiger partial charge in [-0.1, -0.05) is 0 Å². The topological polar surface area (TPSA) is 72.9 Å². The van der Waals surface area contributed by atoms with E-state index in [0.29, 0.717) is 29.8 Å². The Balaban J connectivity index is 2.99. The van der Waals surface area contributed by atoms with E-state index in [2.05, 4.69) is 26.3 Å².